The van der Waals surface area contributed by atoms with E-state index in [-0.39, 0.29) is 5.70 Å². The highest BCUT2D eigenvalue weighted by atomic mass is 35.5. The molecular formula is C25H21ClN2O3S. The van der Waals surface area contributed by atoms with E-state index in [9.17, 15) is 9.59 Å². The second kappa shape index (κ2) is 9.51. The summed E-state index contributed by atoms with van der Waals surface area (Å²) in [6, 6.07) is 22.1. The van der Waals surface area contributed by atoms with Gasteiger partial charge in [0, 0.05) is 15.6 Å². The van der Waals surface area contributed by atoms with Gasteiger partial charge in [0.1, 0.15) is 16.4 Å². The van der Waals surface area contributed by atoms with Crippen molar-refractivity contribution >= 4 is 46.6 Å². The number of carbonyl (C=O) groups is 2. The summed E-state index contributed by atoms with van der Waals surface area (Å²) in [6.45, 7) is 2.04. The van der Waals surface area contributed by atoms with Crippen molar-refractivity contribution in [1.82, 2.24) is 0 Å². The Labute approximate surface area is 196 Å². The molecule has 0 unspecified atom stereocenters. The van der Waals surface area contributed by atoms with Gasteiger partial charge in [0.2, 0.25) is 0 Å². The number of nitrogens with one attached hydrogen (secondary N) is 1. The zero-order chi connectivity index (χ0) is 22.7. The summed E-state index contributed by atoms with van der Waals surface area (Å²) in [6.07, 6.45) is 0.783. The molecule has 0 spiro atoms. The van der Waals surface area contributed by atoms with Gasteiger partial charge in [0.25, 0.3) is 11.8 Å². The highest BCUT2D eigenvalue weighted by molar-refractivity contribution is 8.04. The number of aryl methyl sites for hydroxylation is 1. The normalized spacial score (nSPS) is 13.7. The van der Waals surface area contributed by atoms with Gasteiger partial charge < -0.3 is 10.1 Å². The Morgan fingerprint density at radius 1 is 0.969 bits per heavy atom. The first kappa shape index (κ1) is 22.0. The van der Waals surface area contributed by atoms with Crippen LogP contribution < -0.4 is 15.0 Å². The number of para-hydroxylation sites is 1. The second-order valence-electron chi connectivity index (χ2n) is 7.02. The molecule has 3 aromatic rings. The van der Waals surface area contributed by atoms with E-state index in [1.807, 2.05) is 61.5 Å². The second-order valence-corrected chi connectivity index (χ2v) is 8.54. The van der Waals surface area contributed by atoms with E-state index in [0.717, 1.165) is 27.5 Å². The monoisotopic (exact) mass is 464 g/mol. The molecule has 1 heterocycles. The number of hydrogen-bond acceptors (Lipinski definition) is 5. The summed E-state index contributed by atoms with van der Waals surface area (Å²) in [5, 5.41) is 3.64. The minimum Gasteiger partial charge on any atom is -0.495 e. The van der Waals surface area contributed by atoms with Crippen molar-refractivity contribution in [2.24, 2.45) is 0 Å². The van der Waals surface area contributed by atoms with Gasteiger partial charge in [-0.05, 0) is 48.4 Å². The van der Waals surface area contributed by atoms with E-state index >= 15 is 0 Å². The number of benzene rings is 3. The summed E-state index contributed by atoms with van der Waals surface area (Å²) >= 11 is 7.43. The Hall–Kier alpha value is -3.22. The molecule has 1 aliphatic heterocycles. The molecule has 0 atom stereocenters. The van der Waals surface area contributed by atoms with E-state index in [2.05, 4.69) is 5.32 Å². The Morgan fingerprint density at radius 3 is 2.41 bits per heavy atom. The smallest absolute Gasteiger partial charge is 0.283 e. The fraction of sp³-hybridized carbons (Fsp3) is 0.120. The maximum atomic E-state index is 13.6. The van der Waals surface area contributed by atoms with Crippen LogP contribution in [0.15, 0.2) is 88.3 Å². The van der Waals surface area contributed by atoms with E-state index < -0.39 is 11.8 Å². The third-order valence-electron chi connectivity index (χ3n) is 5.04. The highest BCUT2D eigenvalue weighted by Gasteiger charge is 2.41. The largest absolute Gasteiger partial charge is 0.495 e. The molecule has 0 aromatic heterocycles. The highest BCUT2D eigenvalue weighted by Crippen LogP contribution is 2.41. The molecule has 0 saturated carbocycles. The quantitative estimate of drug-likeness (QED) is 0.441. The van der Waals surface area contributed by atoms with Crippen molar-refractivity contribution in [2.45, 2.75) is 18.2 Å². The average molecular weight is 465 g/mol. The van der Waals surface area contributed by atoms with E-state index in [4.69, 9.17) is 16.3 Å². The van der Waals surface area contributed by atoms with Gasteiger partial charge in [-0.2, -0.15) is 0 Å². The molecule has 0 aliphatic carbocycles. The number of carbonyl (C=O) groups excluding carboxylic acids is 2. The fourth-order valence-corrected chi connectivity index (χ4v) is 4.58. The van der Waals surface area contributed by atoms with Crippen LogP contribution in [0.1, 0.15) is 12.5 Å². The lowest BCUT2D eigenvalue weighted by Crippen LogP contribution is -2.32. The molecule has 5 nitrogen and oxygen atoms in total. The Morgan fingerprint density at radius 2 is 1.69 bits per heavy atom. The first-order valence-electron chi connectivity index (χ1n) is 10.1. The topological polar surface area (TPSA) is 58.6 Å². The van der Waals surface area contributed by atoms with Crippen molar-refractivity contribution in [3.05, 3.63) is 94.0 Å². The number of ether oxygens (including phenoxy) is 1. The third-order valence-corrected chi connectivity index (χ3v) is 6.37. The minimum absolute atomic E-state index is 0.229. The van der Waals surface area contributed by atoms with Crippen LogP contribution in [-0.4, -0.2) is 18.9 Å². The molecule has 4 rings (SSSR count). The van der Waals surface area contributed by atoms with Crippen LogP contribution in [0.5, 0.6) is 5.75 Å². The van der Waals surface area contributed by atoms with Crippen molar-refractivity contribution in [2.75, 3.05) is 17.3 Å². The number of rotatable bonds is 7. The molecule has 0 saturated heterocycles. The van der Waals surface area contributed by atoms with Gasteiger partial charge >= 0.3 is 0 Å². The minimum atomic E-state index is -0.458. The van der Waals surface area contributed by atoms with Gasteiger partial charge in [-0.25, -0.2) is 4.90 Å². The average Bonchev–Trinajstić information content (AvgIpc) is 3.04. The maximum Gasteiger partial charge on any atom is 0.283 e. The van der Waals surface area contributed by atoms with Gasteiger partial charge in [-0.1, -0.05) is 66.7 Å². The third kappa shape index (κ3) is 4.24. The number of anilines is 2. The summed E-state index contributed by atoms with van der Waals surface area (Å²) < 4.78 is 5.40. The van der Waals surface area contributed by atoms with Crippen LogP contribution >= 0.6 is 23.4 Å². The van der Waals surface area contributed by atoms with E-state index in [1.54, 1.807) is 18.2 Å². The molecular weight excluding hydrogens is 444 g/mol. The van der Waals surface area contributed by atoms with Gasteiger partial charge in [0.15, 0.2) is 0 Å². The fourth-order valence-electron chi connectivity index (χ4n) is 3.46. The van der Waals surface area contributed by atoms with Crippen LogP contribution in [0.25, 0.3) is 0 Å². The molecule has 0 fully saturated rings. The van der Waals surface area contributed by atoms with Crippen molar-refractivity contribution in [1.29, 1.82) is 0 Å². The number of thioether (sulfide) groups is 1. The lowest BCUT2D eigenvalue weighted by atomic mass is 10.1. The number of methoxy groups -OCH3 is 1. The van der Waals surface area contributed by atoms with Crippen molar-refractivity contribution in [3.8, 4) is 5.75 Å². The van der Waals surface area contributed by atoms with Crippen LogP contribution in [-0.2, 0) is 16.0 Å². The molecule has 7 heteroatoms. The Kier molecular flexibility index (Phi) is 6.53. The van der Waals surface area contributed by atoms with E-state index in [1.165, 1.54) is 18.9 Å². The van der Waals surface area contributed by atoms with Gasteiger partial charge in [-0.3, -0.25) is 9.59 Å². The van der Waals surface area contributed by atoms with Crippen LogP contribution in [0.4, 0.5) is 11.4 Å². The van der Waals surface area contributed by atoms with Crippen LogP contribution in [0.2, 0.25) is 5.02 Å². The number of halogens is 1. The zero-order valence-corrected chi connectivity index (χ0v) is 19.2. The van der Waals surface area contributed by atoms with Gasteiger partial charge in [0.05, 0.1) is 12.8 Å². The van der Waals surface area contributed by atoms with Crippen LogP contribution in [0.3, 0.4) is 0 Å². The molecule has 2 amide bonds. The van der Waals surface area contributed by atoms with Crippen molar-refractivity contribution in [3.63, 3.8) is 0 Å². The van der Waals surface area contributed by atoms with Gasteiger partial charge in [-0.15, -0.1) is 0 Å². The number of amides is 2. The summed E-state index contributed by atoms with van der Waals surface area (Å²) in [5.41, 5.74) is 2.37. The van der Waals surface area contributed by atoms with Crippen molar-refractivity contribution < 1.29 is 14.3 Å². The predicted octanol–water partition coefficient (Wildman–Crippen LogP) is 5.90. The molecule has 162 valence electrons. The number of imide groups is 1. The SMILES string of the molecule is CCc1ccccc1NC1=C(Sc2ccccc2)C(=O)N(c2cc(Cl)ccc2OC)C1=O. The molecule has 0 radical (unpaired) electrons. The number of hydrogen-bond donors (Lipinski definition) is 1. The molecule has 0 bridgehead atoms. The predicted molar refractivity (Wildman–Crippen MR) is 129 cm³/mol. The zero-order valence-electron chi connectivity index (χ0n) is 17.6. The summed E-state index contributed by atoms with van der Waals surface area (Å²) in [4.78, 5) is 29.4. The lowest BCUT2D eigenvalue weighted by Gasteiger charge is -2.19. The van der Waals surface area contributed by atoms with Crippen LogP contribution in [0, 0.1) is 0 Å². The first-order chi connectivity index (χ1) is 15.5. The lowest BCUT2D eigenvalue weighted by molar-refractivity contribution is -0.120. The first-order valence-corrected chi connectivity index (χ1v) is 11.3. The van der Waals surface area contributed by atoms with E-state index in [0.29, 0.717) is 21.4 Å². The molecule has 1 N–H and O–H groups in total. The molecule has 3 aromatic carbocycles. The maximum absolute atomic E-state index is 13.6. The molecule has 1 aliphatic rings. The summed E-state index contributed by atoms with van der Waals surface area (Å²) in [5.74, 6) is -0.504. The standard InChI is InChI=1S/C25H21ClN2O3S/c1-3-16-9-7-8-12-19(16)27-22-23(32-18-10-5-4-6-11-18)25(30)28(24(22)29)20-15-17(26)13-14-21(20)31-2/h4-15,27H,3H2,1-2H3. The molecule has 32 heavy (non-hydrogen) atoms. The Balaban J connectivity index is 1.81. The Bertz CT molecular complexity index is 1210. The summed E-state index contributed by atoms with van der Waals surface area (Å²) in [7, 11) is 1.49. The number of nitrogens with zero attached hydrogens (tertiary/aromatic N) is 1.